The highest BCUT2D eigenvalue weighted by molar-refractivity contribution is 9.10. The predicted octanol–water partition coefficient (Wildman–Crippen LogP) is 2.52. The minimum absolute atomic E-state index is 0.0607. The Balaban J connectivity index is 2.39. The molecule has 0 unspecified atom stereocenters. The van der Waals surface area contributed by atoms with Crippen LogP contribution >= 0.6 is 27.7 Å². The molecule has 7 heteroatoms. The maximum Gasteiger partial charge on any atom is 0.344 e. The first-order valence-corrected chi connectivity index (χ1v) is 7.47. The van der Waals surface area contributed by atoms with E-state index < -0.39 is 0 Å². The molecule has 1 aromatic carbocycles. The van der Waals surface area contributed by atoms with Gasteiger partial charge in [-0.2, -0.15) is 0 Å². The van der Waals surface area contributed by atoms with Gasteiger partial charge in [0.05, 0.1) is 0 Å². The van der Waals surface area contributed by atoms with Crippen LogP contribution < -0.4 is 11.4 Å². The molecule has 1 heterocycles. The van der Waals surface area contributed by atoms with E-state index in [1.165, 1.54) is 11.8 Å². The number of aromatic nitrogens is 3. The van der Waals surface area contributed by atoms with E-state index in [4.69, 9.17) is 5.73 Å². The first-order valence-electron chi connectivity index (χ1n) is 5.86. The lowest BCUT2D eigenvalue weighted by atomic mass is 10.2. The molecular weight excluding hydrogens is 328 g/mol. The Labute approximate surface area is 123 Å². The molecule has 0 fully saturated rings. The third-order valence-corrected chi connectivity index (χ3v) is 4.21. The van der Waals surface area contributed by atoms with E-state index in [0.29, 0.717) is 11.7 Å². The van der Waals surface area contributed by atoms with Gasteiger partial charge in [-0.1, -0.05) is 15.9 Å². The van der Waals surface area contributed by atoms with Gasteiger partial charge in [0.2, 0.25) is 0 Å². The van der Waals surface area contributed by atoms with E-state index in [0.717, 1.165) is 14.9 Å². The Morgan fingerprint density at radius 3 is 2.89 bits per heavy atom. The third-order valence-electron chi connectivity index (χ3n) is 2.63. The molecule has 0 spiro atoms. The van der Waals surface area contributed by atoms with E-state index in [2.05, 4.69) is 26.1 Å². The Morgan fingerprint density at radius 2 is 2.26 bits per heavy atom. The van der Waals surface area contributed by atoms with Crippen molar-refractivity contribution in [1.82, 2.24) is 14.8 Å². The molecule has 19 heavy (non-hydrogen) atoms. The molecule has 0 amide bonds. The molecule has 2 aromatic rings. The normalized spacial score (nSPS) is 11.2. The summed E-state index contributed by atoms with van der Waals surface area (Å²) in [5.74, 6) is 0. The van der Waals surface area contributed by atoms with Crippen molar-refractivity contribution in [2.75, 3.05) is 0 Å². The molecule has 0 aliphatic rings. The Kier molecular flexibility index (Phi) is 4.49. The smallest absolute Gasteiger partial charge is 0.326 e. The summed E-state index contributed by atoms with van der Waals surface area (Å²) in [5, 5.41) is 7.20. The Hall–Kier alpha value is -1.05. The highest BCUT2D eigenvalue weighted by Gasteiger charge is 2.14. The van der Waals surface area contributed by atoms with Crippen molar-refractivity contribution in [1.29, 1.82) is 0 Å². The van der Waals surface area contributed by atoms with Gasteiger partial charge in [0.25, 0.3) is 0 Å². The minimum Gasteiger partial charge on any atom is -0.326 e. The largest absolute Gasteiger partial charge is 0.344 e. The first-order chi connectivity index (χ1) is 9.02. The summed E-state index contributed by atoms with van der Waals surface area (Å²) in [6.45, 7) is 4.34. The quantitative estimate of drug-likeness (QED) is 0.894. The molecule has 2 rings (SSSR count). The monoisotopic (exact) mass is 342 g/mol. The van der Waals surface area contributed by atoms with Crippen molar-refractivity contribution >= 4 is 27.7 Å². The zero-order valence-corrected chi connectivity index (χ0v) is 13.1. The van der Waals surface area contributed by atoms with Gasteiger partial charge in [0.1, 0.15) is 0 Å². The summed E-state index contributed by atoms with van der Waals surface area (Å²) < 4.78 is 2.62. The van der Waals surface area contributed by atoms with E-state index in [1.54, 1.807) is 4.57 Å². The van der Waals surface area contributed by atoms with Crippen LogP contribution in [0.5, 0.6) is 0 Å². The summed E-state index contributed by atoms with van der Waals surface area (Å²) in [4.78, 5) is 12.7. The molecule has 5 nitrogen and oxygen atoms in total. The Morgan fingerprint density at radius 1 is 1.53 bits per heavy atom. The van der Waals surface area contributed by atoms with Crippen molar-refractivity contribution in [3.63, 3.8) is 0 Å². The summed E-state index contributed by atoms with van der Waals surface area (Å²) in [6.07, 6.45) is 0. The number of H-pyrrole nitrogens is 1. The molecule has 0 aliphatic heterocycles. The lowest BCUT2D eigenvalue weighted by Crippen LogP contribution is -2.19. The third kappa shape index (κ3) is 3.10. The van der Waals surface area contributed by atoms with Crippen LogP contribution in [0.4, 0.5) is 0 Å². The predicted molar refractivity (Wildman–Crippen MR) is 79.4 cm³/mol. The van der Waals surface area contributed by atoms with Crippen LogP contribution in [-0.4, -0.2) is 14.8 Å². The molecule has 3 N–H and O–H groups in total. The van der Waals surface area contributed by atoms with Crippen LogP contribution in [0, 0.1) is 0 Å². The second-order valence-electron chi connectivity index (χ2n) is 4.33. The summed E-state index contributed by atoms with van der Waals surface area (Å²) in [7, 11) is 0. The summed E-state index contributed by atoms with van der Waals surface area (Å²) >= 11 is 4.87. The van der Waals surface area contributed by atoms with E-state index in [-0.39, 0.29) is 11.7 Å². The topological polar surface area (TPSA) is 76.7 Å². The molecule has 0 aliphatic carbocycles. The van der Waals surface area contributed by atoms with Gasteiger partial charge >= 0.3 is 5.69 Å². The van der Waals surface area contributed by atoms with Crippen LogP contribution in [0.1, 0.15) is 25.5 Å². The maximum absolute atomic E-state index is 11.7. The Bertz CT molecular complexity index is 635. The van der Waals surface area contributed by atoms with Crippen molar-refractivity contribution in [3.8, 4) is 0 Å². The van der Waals surface area contributed by atoms with Gasteiger partial charge in [0.15, 0.2) is 5.16 Å². The molecule has 102 valence electrons. The number of aromatic amines is 1. The first kappa shape index (κ1) is 14.4. The van der Waals surface area contributed by atoms with Gasteiger partial charge in [-0.25, -0.2) is 9.89 Å². The zero-order chi connectivity index (χ0) is 14.0. The van der Waals surface area contributed by atoms with Crippen LogP contribution in [-0.2, 0) is 6.54 Å². The number of benzene rings is 1. The average molecular weight is 343 g/mol. The van der Waals surface area contributed by atoms with Crippen LogP contribution in [0.15, 0.2) is 37.5 Å². The fourth-order valence-corrected chi connectivity index (χ4v) is 3.22. The standard InChI is InChI=1S/C12H15BrN4OS/c1-7(2)17-11(18)15-16-12(17)19-10-4-3-9(13)5-8(10)6-14/h3-5,7H,6,14H2,1-2H3,(H,15,18). The fraction of sp³-hybridized carbons (Fsp3) is 0.333. The number of nitrogens with zero attached hydrogens (tertiary/aromatic N) is 2. The van der Waals surface area contributed by atoms with Crippen molar-refractivity contribution in [2.24, 2.45) is 5.73 Å². The van der Waals surface area contributed by atoms with Crippen LogP contribution in [0.25, 0.3) is 0 Å². The van der Waals surface area contributed by atoms with E-state index in [9.17, 15) is 4.79 Å². The number of halogens is 1. The highest BCUT2D eigenvalue weighted by atomic mass is 79.9. The van der Waals surface area contributed by atoms with E-state index in [1.807, 2.05) is 32.0 Å². The SMILES string of the molecule is CC(C)n1c(Sc2ccc(Br)cc2CN)n[nH]c1=O. The molecule has 0 saturated carbocycles. The summed E-state index contributed by atoms with van der Waals surface area (Å²) in [5.41, 5.74) is 6.57. The van der Waals surface area contributed by atoms with Crippen LogP contribution in [0.3, 0.4) is 0 Å². The van der Waals surface area contributed by atoms with Crippen molar-refractivity contribution in [3.05, 3.63) is 38.7 Å². The number of hydrogen-bond donors (Lipinski definition) is 2. The maximum atomic E-state index is 11.7. The molecule has 1 aromatic heterocycles. The van der Waals surface area contributed by atoms with Gasteiger partial charge < -0.3 is 5.73 Å². The van der Waals surface area contributed by atoms with Gasteiger partial charge in [-0.05, 0) is 49.4 Å². The van der Waals surface area contributed by atoms with Crippen molar-refractivity contribution < 1.29 is 0 Å². The fourth-order valence-electron chi connectivity index (χ4n) is 1.72. The van der Waals surface area contributed by atoms with Gasteiger partial charge in [0, 0.05) is 22.0 Å². The number of hydrogen-bond acceptors (Lipinski definition) is 4. The van der Waals surface area contributed by atoms with Gasteiger partial charge in [-0.15, -0.1) is 5.10 Å². The molecule has 0 radical (unpaired) electrons. The molecule has 0 saturated heterocycles. The number of nitrogens with one attached hydrogen (secondary N) is 1. The number of rotatable bonds is 4. The molecule has 0 bridgehead atoms. The van der Waals surface area contributed by atoms with Crippen LogP contribution in [0.2, 0.25) is 0 Å². The highest BCUT2D eigenvalue weighted by Crippen LogP contribution is 2.31. The zero-order valence-electron chi connectivity index (χ0n) is 10.7. The second-order valence-corrected chi connectivity index (χ2v) is 6.26. The average Bonchev–Trinajstić information content (AvgIpc) is 2.72. The lowest BCUT2D eigenvalue weighted by molar-refractivity contribution is 0.534. The number of nitrogens with two attached hydrogens (primary N) is 1. The minimum atomic E-state index is -0.191. The summed E-state index contributed by atoms with van der Waals surface area (Å²) in [6, 6.07) is 5.96. The molecule has 0 atom stereocenters. The van der Waals surface area contributed by atoms with E-state index >= 15 is 0 Å². The second kappa shape index (κ2) is 5.94. The van der Waals surface area contributed by atoms with Gasteiger partial charge in [-0.3, -0.25) is 4.57 Å². The molecular formula is C12H15BrN4OS. The lowest BCUT2D eigenvalue weighted by Gasteiger charge is -2.10. The van der Waals surface area contributed by atoms with Crippen molar-refractivity contribution in [2.45, 2.75) is 36.5 Å².